The van der Waals surface area contributed by atoms with Gasteiger partial charge in [0.15, 0.2) is 6.61 Å². The predicted molar refractivity (Wildman–Crippen MR) is 121 cm³/mol. The normalized spacial score (nSPS) is 12.9. The maximum Gasteiger partial charge on any atom is 0.257 e. The number of fused-ring (bicyclic) bond motifs is 1. The third-order valence-electron chi connectivity index (χ3n) is 5.51. The van der Waals surface area contributed by atoms with Gasteiger partial charge in [0.2, 0.25) is 0 Å². The Morgan fingerprint density at radius 2 is 1.63 bits per heavy atom. The Morgan fingerprint density at radius 3 is 2.43 bits per heavy atom. The molecule has 3 aromatic rings. The fourth-order valence-corrected chi connectivity index (χ4v) is 3.83. The fourth-order valence-electron chi connectivity index (χ4n) is 3.83. The number of nitrogens with one attached hydrogen (secondary N) is 1. The van der Waals surface area contributed by atoms with Gasteiger partial charge in [-0.05, 0) is 60.2 Å². The zero-order valence-corrected chi connectivity index (χ0v) is 17.2. The largest absolute Gasteiger partial charge is 0.484 e. The molecule has 0 atom stereocenters. The number of para-hydroxylation sites is 1. The van der Waals surface area contributed by atoms with Gasteiger partial charge in [-0.2, -0.15) is 0 Å². The molecule has 0 aliphatic carbocycles. The van der Waals surface area contributed by atoms with Crippen molar-refractivity contribution < 1.29 is 9.53 Å². The molecule has 1 aliphatic rings. The Kier molecular flexibility index (Phi) is 6.65. The van der Waals surface area contributed by atoms with Crippen LogP contribution in [0.15, 0.2) is 78.9 Å². The van der Waals surface area contributed by atoms with Crippen LogP contribution in [0.1, 0.15) is 23.1 Å². The van der Waals surface area contributed by atoms with E-state index in [0.29, 0.717) is 12.3 Å². The second kappa shape index (κ2) is 9.97. The van der Waals surface area contributed by atoms with E-state index < -0.39 is 0 Å². The highest BCUT2D eigenvalue weighted by Gasteiger charge is 2.15. The molecule has 0 aromatic heterocycles. The first-order chi connectivity index (χ1) is 14.8. The van der Waals surface area contributed by atoms with Crippen LogP contribution in [-0.4, -0.2) is 25.6 Å². The van der Waals surface area contributed by atoms with Gasteiger partial charge in [0.05, 0.1) is 0 Å². The van der Waals surface area contributed by atoms with E-state index >= 15 is 0 Å². The predicted octanol–water partition coefficient (Wildman–Crippen LogP) is 4.38. The van der Waals surface area contributed by atoms with Gasteiger partial charge in [-0.15, -0.1) is 0 Å². The van der Waals surface area contributed by atoms with E-state index in [-0.39, 0.29) is 12.5 Å². The van der Waals surface area contributed by atoms with Crippen molar-refractivity contribution in [2.45, 2.75) is 25.8 Å². The summed E-state index contributed by atoms with van der Waals surface area (Å²) in [7, 11) is 0. The summed E-state index contributed by atoms with van der Waals surface area (Å²) in [6, 6.07) is 27.0. The molecule has 30 heavy (non-hydrogen) atoms. The third kappa shape index (κ3) is 5.41. The van der Waals surface area contributed by atoms with Crippen molar-refractivity contribution in [1.82, 2.24) is 5.32 Å². The van der Waals surface area contributed by atoms with Crippen molar-refractivity contribution in [3.05, 3.63) is 95.6 Å². The number of amides is 1. The standard InChI is InChI=1S/C26H28N2O2/c29-26(20-30-25-10-2-1-3-11-25)27-17-6-7-21-12-14-24(15-13-21)28-18-16-22-8-4-5-9-23(22)19-28/h1-5,8-15H,6-7,16-20H2,(H,27,29). The van der Waals surface area contributed by atoms with E-state index in [1.807, 2.05) is 30.3 Å². The average molecular weight is 401 g/mol. The van der Waals surface area contributed by atoms with Crippen LogP contribution < -0.4 is 15.0 Å². The maximum absolute atomic E-state index is 11.9. The summed E-state index contributed by atoms with van der Waals surface area (Å²) in [4.78, 5) is 14.3. The highest BCUT2D eigenvalue weighted by atomic mass is 16.5. The van der Waals surface area contributed by atoms with Crippen LogP contribution >= 0.6 is 0 Å². The molecule has 0 saturated carbocycles. The first-order valence-electron chi connectivity index (χ1n) is 10.6. The quantitative estimate of drug-likeness (QED) is 0.571. The fraction of sp³-hybridized carbons (Fsp3) is 0.269. The van der Waals surface area contributed by atoms with Crippen molar-refractivity contribution in [2.75, 3.05) is 24.6 Å². The summed E-state index contributed by atoms with van der Waals surface area (Å²) in [5, 5.41) is 2.92. The molecule has 0 radical (unpaired) electrons. The zero-order valence-electron chi connectivity index (χ0n) is 17.2. The molecule has 1 N–H and O–H groups in total. The van der Waals surface area contributed by atoms with Crippen LogP contribution in [0.25, 0.3) is 0 Å². The molecule has 0 saturated heterocycles. The second-order valence-corrected chi connectivity index (χ2v) is 7.66. The summed E-state index contributed by atoms with van der Waals surface area (Å²) >= 11 is 0. The van der Waals surface area contributed by atoms with Crippen LogP contribution in [0.2, 0.25) is 0 Å². The molecule has 1 heterocycles. The molecule has 0 fully saturated rings. The Labute approximate surface area is 178 Å². The monoisotopic (exact) mass is 400 g/mol. The minimum atomic E-state index is -0.0837. The van der Waals surface area contributed by atoms with Gasteiger partial charge >= 0.3 is 0 Å². The number of benzene rings is 3. The second-order valence-electron chi connectivity index (χ2n) is 7.66. The molecule has 4 nitrogen and oxygen atoms in total. The number of hydrogen-bond donors (Lipinski definition) is 1. The molecule has 0 bridgehead atoms. The number of carbonyl (C=O) groups is 1. The molecular weight excluding hydrogens is 372 g/mol. The lowest BCUT2D eigenvalue weighted by Crippen LogP contribution is -2.30. The van der Waals surface area contributed by atoms with Crippen molar-refractivity contribution in [3.63, 3.8) is 0 Å². The average Bonchev–Trinajstić information content (AvgIpc) is 2.81. The van der Waals surface area contributed by atoms with Gasteiger partial charge in [0, 0.05) is 25.3 Å². The molecule has 4 heteroatoms. The maximum atomic E-state index is 11.9. The molecule has 4 rings (SSSR count). The van der Waals surface area contributed by atoms with Gasteiger partial charge in [0.1, 0.15) is 5.75 Å². The van der Waals surface area contributed by atoms with E-state index in [1.54, 1.807) is 0 Å². The smallest absolute Gasteiger partial charge is 0.257 e. The first kappa shape index (κ1) is 20.0. The van der Waals surface area contributed by atoms with Gasteiger partial charge in [-0.1, -0.05) is 54.6 Å². The lowest BCUT2D eigenvalue weighted by molar-refractivity contribution is -0.123. The van der Waals surface area contributed by atoms with E-state index in [9.17, 15) is 4.79 Å². The summed E-state index contributed by atoms with van der Waals surface area (Å²) in [5.41, 5.74) is 5.48. The van der Waals surface area contributed by atoms with Gasteiger partial charge in [-0.3, -0.25) is 4.79 Å². The molecular formula is C26H28N2O2. The number of anilines is 1. The number of aryl methyl sites for hydroxylation is 1. The van der Waals surface area contributed by atoms with E-state index in [2.05, 4.69) is 58.7 Å². The lowest BCUT2D eigenvalue weighted by atomic mass is 9.99. The zero-order chi connectivity index (χ0) is 20.6. The first-order valence-corrected chi connectivity index (χ1v) is 10.6. The van der Waals surface area contributed by atoms with Crippen molar-refractivity contribution in [1.29, 1.82) is 0 Å². The minimum Gasteiger partial charge on any atom is -0.484 e. The van der Waals surface area contributed by atoms with Crippen LogP contribution in [0.5, 0.6) is 5.75 Å². The van der Waals surface area contributed by atoms with Crippen LogP contribution in [-0.2, 0) is 24.2 Å². The summed E-state index contributed by atoms with van der Waals surface area (Å²) in [6.07, 6.45) is 2.96. The number of nitrogens with zero attached hydrogens (tertiary/aromatic N) is 1. The van der Waals surface area contributed by atoms with E-state index in [1.165, 1.54) is 22.4 Å². The van der Waals surface area contributed by atoms with Gasteiger partial charge < -0.3 is 15.0 Å². The third-order valence-corrected chi connectivity index (χ3v) is 5.51. The van der Waals surface area contributed by atoms with E-state index in [4.69, 9.17) is 4.74 Å². The van der Waals surface area contributed by atoms with Crippen LogP contribution in [0, 0.1) is 0 Å². The van der Waals surface area contributed by atoms with Crippen molar-refractivity contribution >= 4 is 11.6 Å². The topological polar surface area (TPSA) is 41.6 Å². The lowest BCUT2D eigenvalue weighted by Gasteiger charge is -2.30. The minimum absolute atomic E-state index is 0.0532. The summed E-state index contributed by atoms with van der Waals surface area (Å²) < 4.78 is 5.46. The number of carbonyl (C=O) groups excluding carboxylic acids is 1. The van der Waals surface area contributed by atoms with Gasteiger partial charge in [0.25, 0.3) is 5.91 Å². The van der Waals surface area contributed by atoms with Crippen molar-refractivity contribution in [3.8, 4) is 5.75 Å². The number of ether oxygens (including phenoxy) is 1. The molecule has 3 aromatic carbocycles. The van der Waals surface area contributed by atoms with Crippen molar-refractivity contribution in [2.24, 2.45) is 0 Å². The van der Waals surface area contributed by atoms with Crippen LogP contribution in [0.4, 0.5) is 5.69 Å². The molecule has 1 aliphatic heterocycles. The Morgan fingerprint density at radius 1 is 0.900 bits per heavy atom. The highest BCUT2D eigenvalue weighted by Crippen LogP contribution is 2.24. The molecule has 0 unspecified atom stereocenters. The van der Waals surface area contributed by atoms with Crippen LogP contribution in [0.3, 0.4) is 0 Å². The molecule has 154 valence electrons. The SMILES string of the molecule is O=C(COc1ccccc1)NCCCc1ccc(N2CCc3ccccc3C2)cc1. The van der Waals surface area contributed by atoms with Gasteiger partial charge in [-0.25, -0.2) is 0 Å². The van der Waals surface area contributed by atoms with E-state index in [0.717, 1.165) is 32.4 Å². The highest BCUT2D eigenvalue weighted by molar-refractivity contribution is 5.77. The Hall–Kier alpha value is -3.27. The molecule has 0 spiro atoms. The summed E-state index contributed by atoms with van der Waals surface area (Å²) in [5.74, 6) is 0.629. The molecule has 1 amide bonds. The number of rotatable bonds is 8. The summed E-state index contributed by atoms with van der Waals surface area (Å²) in [6.45, 7) is 2.75. The Balaban J connectivity index is 1.18. The Bertz CT molecular complexity index is 954. The number of hydrogen-bond acceptors (Lipinski definition) is 3.